The van der Waals surface area contributed by atoms with E-state index in [-0.39, 0.29) is 11.9 Å². The van der Waals surface area contributed by atoms with Crippen molar-refractivity contribution in [2.24, 2.45) is 5.73 Å². The van der Waals surface area contributed by atoms with E-state index in [4.69, 9.17) is 10.5 Å². The summed E-state index contributed by atoms with van der Waals surface area (Å²) in [7, 11) is 0. The molecule has 2 unspecified atom stereocenters. The third kappa shape index (κ3) is 4.04. The molecular formula is C14H19BrFNO. The Morgan fingerprint density at radius 1 is 1.50 bits per heavy atom. The van der Waals surface area contributed by atoms with Crippen molar-refractivity contribution in [1.82, 2.24) is 0 Å². The van der Waals surface area contributed by atoms with Gasteiger partial charge in [-0.3, -0.25) is 0 Å². The quantitative estimate of drug-likeness (QED) is 0.903. The number of benzene rings is 1. The number of rotatable bonds is 5. The van der Waals surface area contributed by atoms with E-state index in [1.807, 2.05) is 0 Å². The van der Waals surface area contributed by atoms with Crippen LogP contribution in [0.5, 0.6) is 0 Å². The maximum atomic E-state index is 13.1. The van der Waals surface area contributed by atoms with Crippen LogP contribution in [0.3, 0.4) is 0 Å². The van der Waals surface area contributed by atoms with Gasteiger partial charge in [0.05, 0.1) is 6.10 Å². The Kier molecular flexibility index (Phi) is 5.15. The van der Waals surface area contributed by atoms with Crippen molar-refractivity contribution in [3.63, 3.8) is 0 Å². The van der Waals surface area contributed by atoms with Crippen LogP contribution in [-0.4, -0.2) is 18.8 Å². The summed E-state index contributed by atoms with van der Waals surface area (Å²) in [5, 5.41) is 0. The van der Waals surface area contributed by atoms with Crippen LogP contribution in [0.15, 0.2) is 22.7 Å². The van der Waals surface area contributed by atoms with E-state index >= 15 is 0 Å². The van der Waals surface area contributed by atoms with Gasteiger partial charge in [-0.2, -0.15) is 0 Å². The van der Waals surface area contributed by atoms with Crippen molar-refractivity contribution >= 4 is 15.9 Å². The second kappa shape index (κ2) is 6.64. The molecule has 2 nitrogen and oxygen atoms in total. The summed E-state index contributed by atoms with van der Waals surface area (Å²) in [6.07, 6.45) is 5.32. The minimum Gasteiger partial charge on any atom is -0.378 e. The predicted octanol–water partition coefficient (Wildman–Crippen LogP) is 3.42. The first-order chi connectivity index (χ1) is 8.65. The minimum absolute atomic E-state index is 0.0623. The van der Waals surface area contributed by atoms with Gasteiger partial charge in [-0.05, 0) is 55.9 Å². The Hall–Kier alpha value is -0.450. The van der Waals surface area contributed by atoms with E-state index in [9.17, 15) is 4.39 Å². The van der Waals surface area contributed by atoms with E-state index < -0.39 is 0 Å². The Balaban J connectivity index is 1.82. The van der Waals surface area contributed by atoms with Crippen LogP contribution in [0.4, 0.5) is 4.39 Å². The summed E-state index contributed by atoms with van der Waals surface area (Å²) in [4.78, 5) is 0. The van der Waals surface area contributed by atoms with Crippen LogP contribution in [0, 0.1) is 5.82 Å². The van der Waals surface area contributed by atoms with E-state index in [0.717, 1.165) is 42.3 Å². The van der Waals surface area contributed by atoms with Crippen LogP contribution >= 0.6 is 15.9 Å². The van der Waals surface area contributed by atoms with Crippen molar-refractivity contribution in [2.45, 2.75) is 44.2 Å². The van der Waals surface area contributed by atoms with E-state index in [1.54, 1.807) is 12.1 Å². The van der Waals surface area contributed by atoms with Gasteiger partial charge in [-0.15, -0.1) is 0 Å². The summed E-state index contributed by atoms with van der Waals surface area (Å²) in [5.41, 5.74) is 7.04. The Bertz CT molecular complexity index is 393. The lowest BCUT2D eigenvalue weighted by Crippen LogP contribution is -2.24. The molecule has 1 fully saturated rings. The molecule has 1 aromatic carbocycles. The van der Waals surface area contributed by atoms with Gasteiger partial charge >= 0.3 is 0 Å². The lowest BCUT2D eigenvalue weighted by molar-refractivity contribution is 0.101. The molecule has 2 atom stereocenters. The van der Waals surface area contributed by atoms with Crippen LogP contribution in [0.1, 0.15) is 31.2 Å². The highest BCUT2D eigenvalue weighted by atomic mass is 79.9. The first-order valence-corrected chi connectivity index (χ1v) is 7.25. The molecule has 0 aliphatic carbocycles. The van der Waals surface area contributed by atoms with Gasteiger partial charge in [0.25, 0.3) is 0 Å². The van der Waals surface area contributed by atoms with E-state index in [2.05, 4.69) is 15.9 Å². The van der Waals surface area contributed by atoms with Crippen molar-refractivity contribution in [3.8, 4) is 0 Å². The molecule has 0 radical (unpaired) electrons. The number of ether oxygens (including phenoxy) is 1. The topological polar surface area (TPSA) is 35.2 Å². The minimum atomic E-state index is -0.209. The highest BCUT2D eigenvalue weighted by molar-refractivity contribution is 9.10. The summed E-state index contributed by atoms with van der Waals surface area (Å²) in [6.45, 7) is 0.884. The summed E-state index contributed by atoms with van der Waals surface area (Å²) in [5.74, 6) is -0.209. The standard InChI is InChI=1S/C14H19BrFNO/c15-14-6-3-11(16)8-10(14)9-12(17)4-5-13-2-1-7-18-13/h3,6,8,12-13H,1-2,4-5,7,9,17H2. The predicted molar refractivity (Wildman–Crippen MR) is 74.0 cm³/mol. The fraction of sp³-hybridized carbons (Fsp3) is 0.571. The zero-order chi connectivity index (χ0) is 13.0. The van der Waals surface area contributed by atoms with Crippen molar-refractivity contribution in [2.75, 3.05) is 6.61 Å². The molecule has 0 bridgehead atoms. The van der Waals surface area contributed by atoms with Gasteiger partial charge in [0, 0.05) is 17.1 Å². The van der Waals surface area contributed by atoms with Crippen LogP contribution in [-0.2, 0) is 11.2 Å². The monoisotopic (exact) mass is 315 g/mol. The fourth-order valence-corrected chi connectivity index (χ4v) is 2.76. The van der Waals surface area contributed by atoms with Gasteiger partial charge in [-0.25, -0.2) is 4.39 Å². The molecule has 1 aliphatic heterocycles. The average molecular weight is 316 g/mol. The second-order valence-electron chi connectivity index (χ2n) is 4.91. The molecule has 0 saturated carbocycles. The lowest BCUT2D eigenvalue weighted by atomic mass is 10.00. The van der Waals surface area contributed by atoms with Crippen molar-refractivity contribution in [3.05, 3.63) is 34.1 Å². The van der Waals surface area contributed by atoms with Crippen LogP contribution in [0.25, 0.3) is 0 Å². The molecular weight excluding hydrogens is 297 g/mol. The third-order valence-corrected chi connectivity index (χ3v) is 4.15. The molecule has 2 N–H and O–H groups in total. The number of hydrogen-bond donors (Lipinski definition) is 1. The van der Waals surface area contributed by atoms with Crippen LogP contribution in [0.2, 0.25) is 0 Å². The van der Waals surface area contributed by atoms with Gasteiger partial charge in [0.1, 0.15) is 5.82 Å². The molecule has 2 rings (SSSR count). The zero-order valence-corrected chi connectivity index (χ0v) is 12.0. The third-order valence-electron chi connectivity index (χ3n) is 3.37. The fourth-order valence-electron chi connectivity index (χ4n) is 2.36. The summed E-state index contributed by atoms with van der Waals surface area (Å²) >= 11 is 3.43. The molecule has 0 amide bonds. The highest BCUT2D eigenvalue weighted by Crippen LogP contribution is 2.22. The maximum Gasteiger partial charge on any atom is 0.123 e. The highest BCUT2D eigenvalue weighted by Gasteiger charge is 2.17. The smallest absolute Gasteiger partial charge is 0.123 e. The van der Waals surface area contributed by atoms with Gasteiger partial charge < -0.3 is 10.5 Å². The molecule has 0 aromatic heterocycles. The summed E-state index contributed by atoms with van der Waals surface area (Å²) < 4.78 is 19.6. The molecule has 1 aromatic rings. The molecule has 4 heteroatoms. The van der Waals surface area contributed by atoms with Gasteiger partial charge in [0.15, 0.2) is 0 Å². The number of halogens is 2. The summed E-state index contributed by atoms with van der Waals surface area (Å²) in [6, 6.07) is 4.80. The first kappa shape index (κ1) is 14.0. The van der Waals surface area contributed by atoms with E-state index in [0.29, 0.717) is 12.5 Å². The largest absolute Gasteiger partial charge is 0.378 e. The van der Waals surface area contributed by atoms with E-state index in [1.165, 1.54) is 6.07 Å². The number of nitrogens with two attached hydrogens (primary N) is 1. The van der Waals surface area contributed by atoms with Gasteiger partial charge in [-0.1, -0.05) is 15.9 Å². The van der Waals surface area contributed by atoms with Crippen LogP contribution < -0.4 is 5.73 Å². The molecule has 100 valence electrons. The molecule has 1 aliphatic rings. The maximum absolute atomic E-state index is 13.1. The normalized spacial score (nSPS) is 21.2. The Morgan fingerprint density at radius 3 is 3.06 bits per heavy atom. The SMILES string of the molecule is NC(CCC1CCCO1)Cc1cc(F)ccc1Br. The van der Waals surface area contributed by atoms with Gasteiger partial charge in [0.2, 0.25) is 0 Å². The van der Waals surface area contributed by atoms with Crippen molar-refractivity contribution < 1.29 is 9.13 Å². The second-order valence-corrected chi connectivity index (χ2v) is 5.77. The Morgan fingerprint density at radius 2 is 2.33 bits per heavy atom. The lowest BCUT2D eigenvalue weighted by Gasteiger charge is -2.15. The zero-order valence-electron chi connectivity index (χ0n) is 10.4. The first-order valence-electron chi connectivity index (χ1n) is 6.46. The molecule has 0 spiro atoms. The average Bonchev–Trinajstić information content (AvgIpc) is 2.84. The molecule has 1 heterocycles. The molecule has 1 saturated heterocycles. The van der Waals surface area contributed by atoms with Crippen molar-refractivity contribution in [1.29, 1.82) is 0 Å². The molecule has 18 heavy (non-hydrogen) atoms. The number of hydrogen-bond acceptors (Lipinski definition) is 2. The Labute approximate surface area is 116 Å².